The summed E-state index contributed by atoms with van der Waals surface area (Å²) in [5.41, 5.74) is 0.0532. The first-order valence-electron chi connectivity index (χ1n) is 6.96. The van der Waals surface area contributed by atoms with Crippen LogP contribution < -0.4 is 5.32 Å². The van der Waals surface area contributed by atoms with E-state index in [4.69, 9.17) is 9.47 Å². The third-order valence-corrected chi connectivity index (χ3v) is 3.62. The molecule has 1 N–H and O–H groups in total. The molecule has 0 aromatic rings. The molecule has 1 amide bonds. The third-order valence-electron chi connectivity index (χ3n) is 3.62. The van der Waals surface area contributed by atoms with Crippen molar-refractivity contribution in [1.29, 1.82) is 0 Å². The summed E-state index contributed by atoms with van der Waals surface area (Å²) in [5.74, 6) is -0.165. The fourth-order valence-corrected chi connectivity index (χ4v) is 2.75. The fraction of sp³-hybridized carbons (Fsp3) is 0.929. The zero-order chi connectivity index (χ0) is 13.2. The average Bonchev–Trinajstić information content (AvgIpc) is 2.68. The molecule has 2 aliphatic rings. The lowest BCUT2D eigenvalue weighted by Gasteiger charge is -2.35. The van der Waals surface area contributed by atoms with E-state index in [-0.39, 0.29) is 17.1 Å². The maximum absolute atomic E-state index is 11.9. The monoisotopic (exact) mass is 255 g/mol. The summed E-state index contributed by atoms with van der Waals surface area (Å²) >= 11 is 0. The Bertz CT molecular complexity index is 293. The zero-order valence-corrected chi connectivity index (χ0v) is 11.8. The Hall–Kier alpha value is -0.610. The fourth-order valence-electron chi connectivity index (χ4n) is 2.75. The van der Waals surface area contributed by atoms with E-state index in [1.165, 1.54) is 0 Å². The van der Waals surface area contributed by atoms with Crippen LogP contribution in [0.1, 0.15) is 52.9 Å². The van der Waals surface area contributed by atoms with Crippen molar-refractivity contribution >= 4 is 5.91 Å². The van der Waals surface area contributed by atoms with Crippen molar-refractivity contribution in [2.45, 2.75) is 64.7 Å². The van der Waals surface area contributed by atoms with Gasteiger partial charge in [-0.1, -0.05) is 20.8 Å². The van der Waals surface area contributed by atoms with Gasteiger partial charge in [-0.25, -0.2) is 0 Å². The number of ether oxygens (including phenoxy) is 2. The standard InChI is InChI=1S/C14H25NO3/c1-13(2,3)10-12(16)15-11-4-6-14(7-5-11)17-8-9-18-14/h11H,4-10H2,1-3H3,(H,15,16). The molecule has 4 nitrogen and oxygen atoms in total. The van der Waals surface area contributed by atoms with Gasteiger partial charge in [0.15, 0.2) is 5.79 Å². The van der Waals surface area contributed by atoms with Crippen LogP contribution in [0, 0.1) is 5.41 Å². The van der Waals surface area contributed by atoms with Gasteiger partial charge < -0.3 is 14.8 Å². The van der Waals surface area contributed by atoms with E-state index >= 15 is 0 Å². The largest absolute Gasteiger partial charge is 0.353 e. The van der Waals surface area contributed by atoms with Crippen LogP contribution in [0.3, 0.4) is 0 Å². The first kappa shape index (κ1) is 13.8. The van der Waals surface area contributed by atoms with E-state index in [2.05, 4.69) is 26.1 Å². The number of carbonyl (C=O) groups excluding carboxylic acids is 1. The molecule has 0 unspecified atom stereocenters. The van der Waals surface area contributed by atoms with Crippen molar-refractivity contribution in [3.63, 3.8) is 0 Å². The van der Waals surface area contributed by atoms with Crippen LogP contribution in [0.15, 0.2) is 0 Å². The van der Waals surface area contributed by atoms with Gasteiger partial charge in [-0.3, -0.25) is 4.79 Å². The molecule has 4 heteroatoms. The maximum atomic E-state index is 11.9. The molecule has 1 heterocycles. The Morgan fingerprint density at radius 2 is 1.78 bits per heavy atom. The summed E-state index contributed by atoms with van der Waals surface area (Å²) in [4.78, 5) is 11.9. The van der Waals surface area contributed by atoms with Gasteiger partial charge in [0.25, 0.3) is 0 Å². The van der Waals surface area contributed by atoms with E-state index in [0.29, 0.717) is 25.7 Å². The maximum Gasteiger partial charge on any atom is 0.220 e. The normalized spacial score (nSPS) is 24.4. The Balaban J connectivity index is 1.75. The number of hydrogen-bond donors (Lipinski definition) is 1. The number of carbonyl (C=O) groups is 1. The summed E-state index contributed by atoms with van der Waals surface area (Å²) in [6.07, 6.45) is 4.29. The van der Waals surface area contributed by atoms with Crippen molar-refractivity contribution in [3.05, 3.63) is 0 Å². The predicted molar refractivity (Wildman–Crippen MR) is 69.1 cm³/mol. The molecule has 1 aliphatic carbocycles. The second-order valence-corrected chi connectivity index (χ2v) is 6.69. The van der Waals surface area contributed by atoms with Crippen LogP contribution in [0.25, 0.3) is 0 Å². The molecule has 1 saturated carbocycles. The molecule has 2 fully saturated rings. The first-order valence-corrected chi connectivity index (χ1v) is 6.96. The van der Waals surface area contributed by atoms with Gasteiger partial charge in [0.05, 0.1) is 13.2 Å². The highest BCUT2D eigenvalue weighted by molar-refractivity contribution is 5.76. The first-order chi connectivity index (χ1) is 8.39. The SMILES string of the molecule is CC(C)(C)CC(=O)NC1CCC2(CC1)OCCO2. The van der Waals surface area contributed by atoms with Crippen LogP contribution in [0.4, 0.5) is 0 Å². The lowest BCUT2D eigenvalue weighted by molar-refractivity contribution is -0.180. The smallest absolute Gasteiger partial charge is 0.220 e. The molecule has 0 aromatic carbocycles. The number of nitrogens with one attached hydrogen (secondary N) is 1. The molecule has 1 aliphatic heterocycles. The Labute approximate surface area is 109 Å². The molecule has 2 rings (SSSR count). The Morgan fingerprint density at radius 1 is 1.22 bits per heavy atom. The predicted octanol–water partition coefficient (Wildman–Crippen LogP) is 2.22. The minimum Gasteiger partial charge on any atom is -0.353 e. The summed E-state index contributed by atoms with van der Waals surface area (Å²) < 4.78 is 11.4. The molecule has 1 spiro atoms. The molecule has 0 radical (unpaired) electrons. The average molecular weight is 255 g/mol. The molecule has 1 saturated heterocycles. The summed E-state index contributed by atoms with van der Waals surface area (Å²) in [6, 6.07) is 0.290. The number of rotatable bonds is 2. The molecule has 104 valence electrons. The van der Waals surface area contributed by atoms with Crippen molar-refractivity contribution in [3.8, 4) is 0 Å². The highest BCUT2D eigenvalue weighted by atomic mass is 16.7. The minimum absolute atomic E-state index is 0.0532. The van der Waals surface area contributed by atoms with Crippen LogP contribution in [0.2, 0.25) is 0 Å². The van der Waals surface area contributed by atoms with Crippen LogP contribution in [-0.2, 0) is 14.3 Å². The Kier molecular flexibility index (Phi) is 3.97. The summed E-state index contributed by atoms with van der Waals surface area (Å²) in [6.45, 7) is 7.68. The number of amides is 1. The minimum atomic E-state index is -0.328. The molecular formula is C14H25NO3. The van der Waals surface area contributed by atoms with Gasteiger partial charge in [-0.2, -0.15) is 0 Å². The molecule has 18 heavy (non-hydrogen) atoms. The van der Waals surface area contributed by atoms with Crippen LogP contribution in [-0.4, -0.2) is 30.9 Å². The van der Waals surface area contributed by atoms with Gasteiger partial charge in [0, 0.05) is 25.3 Å². The van der Waals surface area contributed by atoms with Gasteiger partial charge in [-0.05, 0) is 18.3 Å². The Morgan fingerprint density at radius 3 is 2.28 bits per heavy atom. The van der Waals surface area contributed by atoms with Crippen molar-refractivity contribution in [1.82, 2.24) is 5.32 Å². The quantitative estimate of drug-likeness (QED) is 0.823. The van der Waals surface area contributed by atoms with Gasteiger partial charge >= 0.3 is 0 Å². The highest BCUT2D eigenvalue weighted by Gasteiger charge is 2.40. The van der Waals surface area contributed by atoms with Crippen LogP contribution in [0.5, 0.6) is 0 Å². The molecule has 0 atom stereocenters. The lowest BCUT2D eigenvalue weighted by atomic mass is 9.88. The van der Waals surface area contributed by atoms with E-state index in [0.717, 1.165) is 25.7 Å². The number of hydrogen-bond acceptors (Lipinski definition) is 3. The van der Waals surface area contributed by atoms with Crippen molar-refractivity contribution in [2.24, 2.45) is 5.41 Å². The van der Waals surface area contributed by atoms with Crippen LogP contribution >= 0.6 is 0 Å². The highest BCUT2D eigenvalue weighted by Crippen LogP contribution is 2.35. The second-order valence-electron chi connectivity index (χ2n) is 6.69. The van der Waals surface area contributed by atoms with Crippen molar-refractivity contribution < 1.29 is 14.3 Å². The van der Waals surface area contributed by atoms with E-state index < -0.39 is 0 Å². The molecular weight excluding hydrogens is 230 g/mol. The molecule has 0 aromatic heterocycles. The van der Waals surface area contributed by atoms with Gasteiger partial charge in [-0.15, -0.1) is 0 Å². The summed E-state index contributed by atoms with van der Waals surface area (Å²) in [5, 5.41) is 3.13. The topological polar surface area (TPSA) is 47.6 Å². The molecule has 0 bridgehead atoms. The third kappa shape index (κ3) is 3.69. The summed E-state index contributed by atoms with van der Waals surface area (Å²) in [7, 11) is 0. The lowest BCUT2D eigenvalue weighted by Crippen LogP contribution is -2.44. The second kappa shape index (κ2) is 5.17. The van der Waals surface area contributed by atoms with E-state index in [9.17, 15) is 4.79 Å². The van der Waals surface area contributed by atoms with Gasteiger partial charge in [0.2, 0.25) is 5.91 Å². The van der Waals surface area contributed by atoms with Crippen molar-refractivity contribution in [2.75, 3.05) is 13.2 Å². The van der Waals surface area contributed by atoms with E-state index in [1.54, 1.807) is 0 Å². The zero-order valence-electron chi connectivity index (χ0n) is 11.8. The van der Waals surface area contributed by atoms with Gasteiger partial charge in [0.1, 0.15) is 0 Å². The van der Waals surface area contributed by atoms with E-state index in [1.807, 2.05) is 0 Å².